The molecule has 0 aliphatic rings. The van der Waals surface area contributed by atoms with Crippen LogP contribution in [0.1, 0.15) is 10.4 Å². The molecule has 0 spiro atoms. The third-order valence-electron chi connectivity index (χ3n) is 3.14. The van der Waals surface area contributed by atoms with Crippen molar-refractivity contribution in [2.75, 3.05) is 25.0 Å². The molecule has 0 heterocycles. The standard InChI is InChI=1S/C16H17FN2O4S/c1-23-11-10-18-16(20)12-6-8-13(9-7-12)24(21,22)19-15-5-3-2-4-14(15)17/h2-9,19H,10-11H2,1H3,(H,18,20). The summed E-state index contributed by atoms with van der Waals surface area (Å²) in [6.45, 7) is 0.731. The number of methoxy groups -OCH3 is 1. The third kappa shape index (κ3) is 4.53. The van der Waals surface area contributed by atoms with Crippen LogP contribution in [-0.2, 0) is 14.8 Å². The van der Waals surface area contributed by atoms with E-state index in [1.54, 1.807) is 0 Å². The SMILES string of the molecule is COCCNC(=O)c1ccc(S(=O)(=O)Nc2ccccc2F)cc1. The van der Waals surface area contributed by atoms with E-state index in [1.807, 2.05) is 0 Å². The summed E-state index contributed by atoms with van der Waals surface area (Å²) in [5.41, 5.74) is 0.176. The van der Waals surface area contributed by atoms with Crippen molar-refractivity contribution in [2.24, 2.45) is 0 Å². The molecule has 0 fully saturated rings. The van der Waals surface area contributed by atoms with Crippen molar-refractivity contribution in [3.8, 4) is 0 Å². The predicted molar refractivity (Wildman–Crippen MR) is 87.9 cm³/mol. The van der Waals surface area contributed by atoms with Crippen molar-refractivity contribution in [1.82, 2.24) is 5.32 Å². The molecule has 0 bridgehead atoms. The molecule has 128 valence electrons. The van der Waals surface area contributed by atoms with E-state index < -0.39 is 15.8 Å². The molecule has 2 aromatic rings. The molecule has 0 atom stereocenters. The molecule has 1 amide bonds. The van der Waals surface area contributed by atoms with E-state index >= 15 is 0 Å². The maximum absolute atomic E-state index is 13.6. The lowest BCUT2D eigenvalue weighted by atomic mass is 10.2. The Morgan fingerprint density at radius 1 is 1.12 bits per heavy atom. The van der Waals surface area contributed by atoms with Crippen LogP contribution < -0.4 is 10.0 Å². The van der Waals surface area contributed by atoms with Gasteiger partial charge < -0.3 is 10.1 Å². The number of halogens is 1. The molecule has 0 aliphatic carbocycles. The summed E-state index contributed by atoms with van der Waals surface area (Å²) in [6, 6.07) is 10.8. The number of sulfonamides is 1. The van der Waals surface area contributed by atoms with Gasteiger partial charge in [-0.05, 0) is 36.4 Å². The van der Waals surface area contributed by atoms with E-state index in [9.17, 15) is 17.6 Å². The summed E-state index contributed by atoms with van der Waals surface area (Å²) < 4.78 is 45.1. The van der Waals surface area contributed by atoms with Crippen molar-refractivity contribution in [3.05, 3.63) is 59.9 Å². The summed E-state index contributed by atoms with van der Waals surface area (Å²) in [7, 11) is -2.42. The molecular weight excluding hydrogens is 335 g/mol. The van der Waals surface area contributed by atoms with Gasteiger partial charge in [0, 0.05) is 19.2 Å². The van der Waals surface area contributed by atoms with Crippen LogP contribution in [0.15, 0.2) is 53.4 Å². The number of ether oxygens (including phenoxy) is 1. The normalized spacial score (nSPS) is 11.1. The van der Waals surface area contributed by atoms with Gasteiger partial charge in [-0.3, -0.25) is 9.52 Å². The largest absolute Gasteiger partial charge is 0.383 e. The minimum Gasteiger partial charge on any atom is -0.383 e. The van der Waals surface area contributed by atoms with Crippen LogP contribution in [0.4, 0.5) is 10.1 Å². The van der Waals surface area contributed by atoms with Crippen LogP contribution in [0.25, 0.3) is 0 Å². The highest BCUT2D eigenvalue weighted by Crippen LogP contribution is 2.19. The van der Waals surface area contributed by atoms with Crippen LogP contribution in [0.5, 0.6) is 0 Å². The Bertz CT molecular complexity index is 807. The third-order valence-corrected chi connectivity index (χ3v) is 4.52. The fourth-order valence-corrected chi connectivity index (χ4v) is 2.97. The van der Waals surface area contributed by atoms with Crippen molar-refractivity contribution in [1.29, 1.82) is 0 Å². The fraction of sp³-hybridized carbons (Fsp3) is 0.188. The molecule has 0 unspecified atom stereocenters. The van der Waals surface area contributed by atoms with Gasteiger partial charge >= 0.3 is 0 Å². The molecule has 2 N–H and O–H groups in total. The van der Waals surface area contributed by atoms with E-state index in [0.717, 1.165) is 6.07 Å². The molecule has 0 saturated carbocycles. The Morgan fingerprint density at radius 2 is 1.79 bits per heavy atom. The Hall–Kier alpha value is -2.45. The van der Waals surface area contributed by atoms with Crippen molar-refractivity contribution in [2.45, 2.75) is 4.90 Å². The second kappa shape index (κ2) is 7.89. The highest BCUT2D eigenvalue weighted by atomic mass is 32.2. The van der Waals surface area contributed by atoms with E-state index in [4.69, 9.17) is 4.74 Å². The van der Waals surface area contributed by atoms with Gasteiger partial charge in [0.05, 0.1) is 17.2 Å². The van der Waals surface area contributed by atoms with Gasteiger partial charge in [-0.25, -0.2) is 12.8 Å². The van der Waals surface area contributed by atoms with E-state index in [2.05, 4.69) is 10.0 Å². The lowest BCUT2D eigenvalue weighted by Crippen LogP contribution is -2.26. The fourth-order valence-electron chi connectivity index (χ4n) is 1.90. The first-order chi connectivity index (χ1) is 11.4. The van der Waals surface area contributed by atoms with Crippen LogP contribution in [0.3, 0.4) is 0 Å². The van der Waals surface area contributed by atoms with Crippen molar-refractivity contribution in [3.63, 3.8) is 0 Å². The number of anilines is 1. The smallest absolute Gasteiger partial charge is 0.261 e. The summed E-state index contributed by atoms with van der Waals surface area (Å²) in [6.07, 6.45) is 0. The Kier molecular flexibility index (Phi) is 5.88. The van der Waals surface area contributed by atoms with Crippen LogP contribution in [-0.4, -0.2) is 34.6 Å². The van der Waals surface area contributed by atoms with Gasteiger partial charge in [-0.15, -0.1) is 0 Å². The van der Waals surface area contributed by atoms with Crippen LogP contribution >= 0.6 is 0 Å². The highest BCUT2D eigenvalue weighted by Gasteiger charge is 2.16. The molecule has 0 aliphatic heterocycles. The molecule has 2 rings (SSSR count). The predicted octanol–water partition coefficient (Wildman–Crippen LogP) is 2.00. The van der Waals surface area contributed by atoms with Crippen molar-refractivity contribution < 1.29 is 22.3 Å². The molecule has 24 heavy (non-hydrogen) atoms. The zero-order chi connectivity index (χ0) is 17.6. The number of para-hydroxylation sites is 1. The van der Waals surface area contributed by atoms with Gasteiger partial charge in [0.1, 0.15) is 5.82 Å². The van der Waals surface area contributed by atoms with E-state index in [-0.39, 0.29) is 16.5 Å². The maximum Gasteiger partial charge on any atom is 0.261 e. The number of rotatable bonds is 7. The molecular formula is C16H17FN2O4S. The number of nitrogens with one attached hydrogen (secondary N) is 2. The number of benzene rings is 2. The molecule has 0 aromatic heterocycles. The second-order valence-electron chi connectivity index (χ2n) is 4.86. The summed E-state index contributed by atoms with van der Waals surface area (Å²) in [5.74, 6) is -1.01. The second-order valence-corrected chi connectivity index (χ2v) is 6.54. The van der Waals surface area contributed by atoms with Crippen molar-refractivity contribution >= 4 is 21.6 Å². The zero-order valence-corrected chi connectivity index (χ0v) is 13.8. The van der Waals surface area contributed by atoms with Gasteiger partial charge in [0.2, 0.25) is 0 Å². The molecule has 6 nitrogen and oxygen atoms in total. The van der Waals surface area contributed by atoms with Gasteiger partial charge in [0.25, 0.3) is 15.9 Å². The monoisotopic (exact) mass is 352 g/mol. The maximum atomic E-state index is 13.6. The Morgan fingerprint density at radius 3 is 2.42 bits per heavy atom. The average Bonchev–Trinajstić information content (AvgIpc) is 2.57. The lowest BCUT2D eigenvalue weighted by molar-refractivity contribution is 0.0937. The number of carbonyl (C=O) groups excluding carboxylic acids is 1. The van der Waals surface area contributed by atoms with Crippen LogP contribution in [0.2, 0.25) is 0 Å². The molecule has 0 radical (unpaired) electrons. The zero-order valence-electron chi connectivity index (χ0n) is 13.0. The summed E-state index contributed by atoms with van der Waals surface area (Å²) in [5, 5.41) is 2.63. The summed E-state index contributed by atoms with van der Waals surface area (Å²) in [4.78, 5) is 11.8. The van der Waals surface area contributed by atoms with Gasteiger partial charge in [-0.1, -0.05) is 12.1 Å². The average molecular weight is 352 g/mol. The van der Waals surface area contributed by atoms with E-state index in [0.29, 0.717) is 18.7 Å². The quantitative estimate of drug-likeness (QED) is 0.747. The minimum absolute atomic E-state index is 0.0702. The molecule has 2 aromatic carbocycles. The Labute approximate surface area is 139 Å². The topological polar surface area (TPSA) is 84.5 Å². The van der Waals surface area contributed by atoms with Gasteiger partial charge in [0.15, 0.2) is 0 Å². The first kappa shape index (κ1) is 17.9. The van der Waals surface area contributed by atoms with E-state index in [1.165, 1.54) is 49.6 Å². The number of hydrogen-bond donors (Lipinski definition) is 2. The molecule has 8 heteroatoms. The van der Waals surface area contributed by atoms with Gasteiger partial charge in [-0.2, -0.15) is 0 Å². The van der Waals surface area contributed by atoms with Crippen LogP contribution in [0, 0.1) is 5.82 Å². The number of hydrogen-bond acceptors (Lipinski definition) is 4. The number of carbonyl (C=O) groups is 1. The highest BCUT2D eigenvalue weighted by molar-refractivity contribution is 7.92. The Balaban J connectivity index is 2.12. The minimum atomic E-state index is -3.94. The summed E-state index contributed by atoms with van der Waals surface area (Å²) >= 11 is 0. The lowest BCUT2D eigenvalue weighted by Gasteiger charge is -2.09. The number of amides is 1. The first-order valence-corrected chi connectivity index (χ1v) is 8.57. The molecule has 0 saturated heterocycles. The first-order valence-electron chi connectivity index (χ1n) is 7.08.